The normalized spacial score (nSPS) is 9.93. The summed E-state index contributed by atoms with van der Waals surface area (Å²) in [5, 5.41) is 10.4. The van der Waals surface area contributed by atoms with Gasteiger partial charge in [0.05, 0.1) is 7.11 Å². The molecule has 76 valence electrons. The Morgan fingerprint density at radius 3 is 2.79 bits per heavy atom. The second-order valence-corrected chi connectivity index (χ2v) is 2.81. The summed E-state index contributed by atoms with van der Waals surface area (Å²) in [4.78, 5) is 20.1. The summed E-state index contributed by atoms with van der Waals surface area (Å²) < 4.78 is 0. The van der Waals surface area contributed by atoms with Gasteiger partial charge in [-0.15, -0.1) is 0 Å². The van der Waals surface area contributed by atoms with Crippen molar-refractivity contribution < 1.29 is 14.7 Å². The summed E-state index contributed by atoms with van der Waals surface area (Å²) in [5.74, 6) is -0.627. The molecule has 1 rings (SSSR count). The van der Waals surface area contributed by atoms with Gasteiger partial charge in [-0.05, 0) is 19.1 Å². The van der Waals surface area contributed by atoms with Gasteiger partial charge in [0.1, 0.15) is 5.75 Å². The van der Waals surface area contributed by atoms with Crippen LogP contribution in [0.15, 0.2) is 12.1 Å². The average molecular weight is 196 g/mol. The molecule has 5 heteroatoms. The molecule has 1 aromatic rings. The summed E-state index contributed by atoms with van der Waals surface area (Å²) in [7, 11) is 2.82. The molecule has 0 bridgehead atoms. The van der Waals surface area contributed by atoms with Crippen molar-refractivity contribution in [2.75, 3.05) is 14.2 Å². The van der Waals surface area contributed by atoms with Crippen molar-refractivity contribution in [1.82, 2.24) is 10.0 Å². The van der Waals surface area contributed by atoms with Gasteiger partial charge in [0.15, 0.2) is 5.69 Å². The van der Waals surface area contributed by atoms with E-state index in [0.717, 1.165) is 5.06 Å². The molecule has 0 fully saturated rings. The Kier molecular flexibility index (Phi) is 3.03. The second-order valence-electron chi connectivity index (χ2n) is 2.81. The molecule has 1 N–H and O–H groups in total. The van der Waals surface area contributed by atoms with E-state index in [-0.39, 0.29) is 11.4 Å². The van der Waals surface area contributed by atoms with E-state index in [2.05, 4.69) is 4.98 Å². The molecule has 0 saturated carbocycles. The Balaban J connectivity index is 3.06. The lowest BCUT2D eigenvalue weighted by Gasteiger charge is -2.13. The van der Waals surface area contributed by atoms with Gasteiger partial charge in [-0.25, -0.2) is 10.0 Å². The highest BCUT2D eigenvalue weighted by molar-refractivity contribution is 5.93. The van der Waals surface area contributed by atoms with E-state index in [0.29, 0.717) is 5.69 Å². The number of aryl methyl sites for hydroxylation is 1. The zero-order valence-corrected chi connectivity index (χ0v) is 8.31. The number of pyridine rings is 1. The molecular weight excluding hydrogens is 184 g/mol. The molecule has 0 atom stereocenters. The number of aromatic nitrogens is 1. The molecule has 0 aliphatic heterocycles. The fourth-order valence-electron chi connectivity index (χ4n) is 0.939. The van der Waals surface area contributed by atoms with Gasteiger partial charge in [-0.2, -0.15) is 0 Å². The molecule has 0 radical (unpaired) electrons. The molecule has 14 heavy (non-hydrogen) atoms. The monoisotopic (exact) mass is 196 g/mol. The number of nitrogens with zero attached hydrogens (tertiary/aromatic N) is 2. The second kappa shape index (κ2) is 4.06. The largest absolute Gasteiger partial charge is 0.505 e. The zero-order chi connectivity index (χ0) is 10.7. The van der Waals surface area contributed by atoms with Crippen LogP contribution in [-0.2, 0) is 4.84 Å². The van der Waals surface area contributed by atoms with Crippen molar-refractivity contribution in [1.29, 1.82) is 0 Å². The predicted molar refractivity (Wildman–Crippen MR) is 49.7 cm³/mol. The standard InChI is InChI=1S/C9H12N2O3/c1-6-4-5-7(12)8(10-6)9(13)11(2)14-3/h4-5,12H,1-3H3. The maximum atomic E-state index is 11.5. The third-order valence-electron chi connectivity index (χ3n) is 1.78. The van der Waals surface area contributed by atoms with Crippen molar-refractivity contribution in [3.8, 4) is 5.75 Å². The van der Waals surface area contributed by atoms with Crippen LogP contribution >= 0.6 is 0 Å². The lowest BCUT2D eigenvalue weighted by molar-refractivity contribution is -0.0762. The van der Waals surface area contributed by atoms with Crippen LogP contribution in [0.4, 0.5) is 0 Å². The Hall–Kier alpha value is -1.62. The SMILES string of the molecule is CON(C)C(=O)c1nc(C)ccc1O. The van der Waals surface area contributed by atoms with Crippen molar-refractivity contribution in [2.45, 2.75) is 6.92 Å². The Morgan fingerprint density at radius 2 is 2.21 bits per heavy atom. The molecule has 0 spiro atoms. The molecule has 0 unspecified atom stereocenters. The van der Waals surface area contributed by atoms with Gasteiger partial charge >= 0.3 is 0 Å². The number of hydroxylamine groups is 2. The quantitative estimate of drug-likeness (QED) is 0.708. The summed E-state index contributed by atoms with van der Waals surface area (Å²) in [5.41, 5.74) is 0.657. The van der Waals surface area contributed by atoms with Crippen LogP contribution in [0.25, 0.3) is 0 Å². The number of hydrogen-bond donors (Lipinski definition) is 1. The third-order valence-corrected chi connectivity index (χ3v) is 1.78. The fraction of sp³-hybridized carbons (Fsp3) is 0.333. The van der Waals surface area contributed by atoms with Gasteiger partial charge < -0.3 is 5.11 Å². The van der Waals surface area contributed by atoms with Crippen LogP contribution in [0.5, 0.6) is 5.75 Å². The van der Waals surface area contributed by atoms with Crippen LogP contribution in [0.3, 0.4) is 0 Å². The van der Waals surface area contributed by atoms with E-state index in [4.69, 9.17) is 4.84 Å². The highest BCUT2D eigenvalue weighted by atomic mass is 16.7. The minimum atomic E-state index is -0.478. The van der Waals surface area contributed by atoms with E-state index >= 15 is 0 Å². The first kappa shape index (κ1) is 10.5. The predicted octanol–water partition coefficient (Wildman–Crippen LogP) is 0.729. The number of amides is 1. The molecule has 1 aromatic heterocycles. The summed E-state index contributed by atoms with van der Waals surface area (Å²) in [6, 6.07) is 3.05. The first-order valence-electron chi connectivity index (χ1n) is 4.05. The molecule has 0 aromatic carbocycles. The average Bonchev–Trinajstić information content (AvgIpc) is 2.19. The van der Waals surface area contributed by atoms with Crippen LogP contribution < -0.4 is 0 Å². The Bertz CT molecular complexity index is 352. The molecule has 1 amide bonds. The van der Waals surface area contributed by atoms with Crippen LogP contribution in [-0.4, -0.2) is 35.2 Å². The van der Waals surface area contributed by atoms with Gasteiger partial charge in [0.2, 0.25) is 0 Å². The number of rotatable bonds is 2. The van der Waals surface area contributed by atoms with E-state index in [9.17, 15) is 9.90 Å². The molecule has 5 nitrogen and oxygen atoms in total. The lowest BCUT2D eigenvalue weighted by atomic mass is 10.2. The molecule has 0 aliphatic rings. The maximum absolute atomic E-state index is 11.5. The van der Waals surface area contributed by atoms with Crippen molar-refractivity contribution in [2.24, 2.45) is 0 Å². The number of carbonyl (C=O) groups is 1. The van der Waals surface area contributed by atoms with Gasteiger partial charge in [-0.1, -0.05) is 0 Å². The zero-order valence-electron chi connectivity index (χ0n) is 8.31. The van der Waals surface area contributed by atoms with Crippen molar-refractivity contribution in [3.05, 3.63) is 23.5 Å². The molecular formula is C9H12N2O3. The fourth-order valence-corrected chi connectivity index (χ4v) is 0.939. The van der Waals surface area contributed by atoms with Crippen molar-refractivity contribution in [3.63, 3.8) is 0 Å². The topological polar surface area (TPSA) is 62.7 Å². The highest BCUT2D eigenvalue weighted by Crippen LogP contribution is 2.16. The van der Waals surface area contributed by atoms with Gasteiger partial charge in [0.25, 0.3) is 5.91 Å². The first-order chi connectivity index (χ1) is 6.56. The third kappa shape index (κ3) is 2.00. The Labute approximate surface area is 81.9 Å². The van der Waals surface area contributed by atoms with Crippen LogP contribution in [0, 0.1) is 6.92 Å². The highest BCUT2D eigenvalue weighted by Gasteiger charge is 2.17. The minimum Gasteiger partial charge on any atom is -0.505 e. The van der Waals surface area contributed by atoms with Crippen LogP contribution in [0.2, 0.25) is 0 Å². The van der Waals surface area contributed by atoms with E-state index in [1.807, 2.05) is 0 Å². The van der Waals surface area contributed by atoms with E-state index < -0.39 is 5.91 Å². The molecule has 0 saturated heterocycles. The molecule has 1 heterocycles. The van der Waals surface area contributed by atoms with Crippen LogP contribution in [0.1, 0.15) is 16.2 Å². The smallest absolute Gasteiger partial charge is 0.299 e. The molecule has 0 aliphatic carbocycles. The first-order valence-corrected chi connectivity index (χ1v) is 4.05. The summed E-state index contributed by atoms with van der Waals surface area (Å²) >= 11 is 0. The Morgan fingerprint density at radius 1 is 1.57 bits per heavy atom. The van der Waals surface area contributed by atoms with Gasteiger partial charge in [-0.3, -0.25) is 9.63 Å². The minimum absolute atomic E-state index is 0.00523. The summed E-state index contributed by atoms with van der Waals surface area (Å²) in [6.45, 7) is 1.74. The summed E-state index contributed by atoms with van der Waals surface area (Å²) in [6.07, 6.45) is 0. The number of aromatic hydroxyl groups is 1. The lowest BCUT2D eigenvalue weighted by Crippen LogP contribution is -2.26. The van der Waals surface area contributed by atoms with E-state index in [1.165, 1.54) is 20.2 Å². The van der Waals surface area contributed by atoms with Crippen molar-refractivity contribution >= 4 is 5.91 Å². The maximum Gasteiger partial charge on any atom is 0.299 e. The number of carbonyl (C=O) groups excluding carboxylic acids is 1. The number of hydrogen-bond acceptors (Lipinski definition) is 4. The van der Waals surface area contributed by atoms with E-state index in [1.54, 1.807) is 13.0 Å². The van der Waals surface area contributed by atoms with Gasteiger partial charge in [0, 0.05) is 12.7 Å².